The fourth-order valence-electron chi connectivity index (χ4n) is 4.19. The molecule has 2 N–H and O–H groups in total. The molecule has 26 heavy (non-hydrogen) atoms. The lowest BCUT2D eigenvalue weighted by molar-refractivity contribution is -0.0134. The first-order valence-corrected chi connectivity index (χ1v) is 9.70. The number of urea groups is 1. The fraction of sp³-hybridized carbons (Fsp3) is 0.650. The summed E-state index contributed by atoms with van der Waals surface area (Å²) in [6, 6.07) is 4.14. The Morgan fingerprint density at radius 1 is 1.27 bits per heavy atom. The van der Waals surface area contributed by atoms with Gasteiger partial charge < -0.3 is 20.3 Å². The second kappa shape index (κ2) is 8.82. The van der Waals surface area contributed by atoms with Crippen LogP contribution in [0.5, 0.6) is 0 Å². The molecule has 1 aromatic rings. The summed E-state index contributed by atoms with van der Waals surface area (Å²) in [6.07, 6.45) is 5.49. The molecular weight excluding hydrogens is 333 g/mol. The van der Waals surface area contributed by atoms with Crippen molar-refractivity contribution in [2.24, 2.45) is 5.73 Å². The van der Waals surface area contributed by atoms with Gasteiger partial charge in [-0.3, -0.25) is 0 Å². The van der Waals surface area contributed by atoms with Crippen molar-refractivity contribution in [1.29, 1.82) is 0 Å². The SMILES string of the molecule is Cc1cc(F)ccc1C1CC(OCCN2CCCCC2)CCN1C(N)=O. The number of amides is 2. The van der Waals surface area contributed by atoms with E-state index in [0.29, 0.717) is 13.0 Å². The minimum absolute atomic E-state index is 0.102. The van der Waals surface area contributed by atoms with Crippen LogP contribution in [0.4, 0.5) is 9.18 Å². The maximum absolute atomic E-state index is 13.5. The molecule has 2 heterocycles. The molecule has 6 heteroatoms. The Morgan fingerprint density at radius 2 is 2.04 bits per heavy atom. The van der Waals surface area contributed by atoms with Crippen LogP contribution in [0, 0.1) is 12.7 Å². The molecule has 0 aromatic heterocycles. The number of nitrogens with zero attached hydrogens (tertiary/aromatic N) is 2. The second-order valence-electron chi connectivity index (χ2n) is 7.47. The molecule has 0 spiro atoms. The number of hydrogen-bond donors (Lipinski definition) is 1. The zero-order chi connectivity index (χ0) is 18.5. The number of piperidine rings is 2. The smallest absolute Gasteiger partial charge is 0.315 e. The number of rotatable bonds is 5. The van der Waals surface area contributed by atoms with Gasteiger partial charge in [-0.05, 0) is 69.0 Å². The zero-order valence-corrected chi connectivity index (χ0v) is 15.6. The molecule has 0 saturated carbocycles. The van der Waals surface area contributed by atoms with E-state index in [1.54, 1.807) is 11.0 Å². The molecule has 0 bridgehead atoms. The summed E-state index contributed by atoms with van der Waals surface area (Å²) in [5, 5.41) is 0. The van der Waals surface area contributed by atoms with E-state index in [1.165, 1.54) is 44.5 Å². The molecule has 2 aliphatic heterocycles. The van der Waals surface area contributed by atoms with Crippen LogP contribution in [-0.2, 0) is 4.74 Å². The Labute approximate surface area is 155 Å². The molecule has 1 aromatic carbocycles. The molecule has 0 radical (unpaired) electrons. The minimum atomic E-state index is -0.425. The number of ether oxygens (including phenoxy) is 1. The zero-order valence-electron chi connectivity index (χ0n) is 15.6. The molecule has 2 atom stereocenters. The van der Waals surface area contributed by atoms with E-state index < -0.39 is 6.03 Å². The van der Waals surface area contributed by atoms with Crippen LogP contribution in [0.25, 0.3) is 0 Å². The summed E-state index contributed by atoms with van der Waals surface area (Å²) in [4.78, 5) is 16.0. The van der Waals surface area contributed by atoms with Crippen LogP contribution in [0.15, 0.2) is 18.2 Å². The average molecular weight is 363 g/mol. The molecule has 2 amide bonds. The maximum Gasteiger partial charge on any atom is 0.315 e. The summed E-state index contributed by atoms with van der Waals surface area (Å²) in [5.41, 5.74) is 7.38. The predicted octanol–water partition coefficient (Wildman–Crippen LogP) is 3.22. The molecule has 2 aliphatic rings. The number of aryl methyl sites for hydroxylation is 1. The summed E-state index contributed by atoms with van der Waals surface area (Å²) in [6.45, 7) is 6.47. The quantitative estimate of drug-likeness (QED) is 0.874. The Kier molecular flexibility index (Phi) is 6.48. The molecule has 2 fully saturated rings. The van der Waals surface area contributed by atoms with Crippen molar-refractivity contribution in [3.05, 3.63) is 35.1 Å². The first kappa shape index (κ1) is 19.1. The van der Waals surface area contributed by atoms with Gasteiger partial charge in [-0.25, -0.2) is 9.18 Å². The molecule has 144 valence electrons. The predicted molar refractivity (Wildman–Crippen MR) is 99.4 cm³/mol. The van der Waals surface area contributed by atoms with Crippen molar-refractivity contribution in [2.45, 2.75) is 51.2 Å². The van der Waals surface area contributed by atoms with Gasteiger partial charge >= 0.3 is 6.03 Å². The first-order valence-electron chi connectivity index (χ1n) is 9.70. The fourth-order valence-corrected chi connectivity index (χ4v) is 4.19. The Bertz CT molecular complexity index is 619. The van der Waals surface area contributed by atoms with Gasteiger partial charge in [0, 0.05) is 13.1 Å². The number of benzene rings is 1. The number of primary amides is 1. The molecule has 5 nitrogen and oxygen atoms in total. The summed E-state index contributed by atoms with van der Waals surface area (Å²) in [7, 11) is 0. The van der Waals surface area contributed by atoms with Crippen LogP contribution in [-0.4, -0.2) is 54.7 Å². The number of carbonyl (C=O) groups excluding carboxylic acids is 1. The lowest BCUT2D eigenvalue weighted by Gasteiger charge is -2.39. The monoisotopic (exact) mass is 363 g/mol. The van der Waals surface area contributed by atoms with Crippen molar-refractivity contribution >= 4 is 6.03 Å². The van der Waals surface area contributed by atoms with E-state index in [9.17, 15) is 9.18 Å². The standard InChI is InChI=1S/C20H30FN3O2/c1-15-13-16(21)5-6-18(15)19-14-17(7-10-24(19)20(22)25)26-12-11-23-8-3-2-4-9-23/h5-6,13,17,19H,2-4,7-12,14H2,1H3,(H2,22,25). The molecule has 2 saturated heterocycles. The molecule has 2 unspecified atom stereocenters. The van der Waals surface area contributed by atoms with E-state index in [2.05, 4.69) is 4.90 Å². The van der Waals surface area contributed by atoms with Gasteiger partial charge in [0.05, 0.1) is 18.8 Å². The van der Waals surface area contributed by atoms with Crippen LogP contribution >= 0.6 is 0 Å². The van der Waals surface area contributed by atoms with Gasteiger partial charge in [-0.2, -0.15) is 0 Å². The highest BCUT2D eigenvalue weighted by molar-refractivity contribution is 5.73. The van der Waals surface area contributed by atoms with Crippen molar-refractivity contribution < 1.29 is 13.9 Å². The molecular formula is C20H30FN3O2. The van der Waals surface area contributed by atoms with Gasteiger partial charge in [0.1, 0.15) is 5.82 Å². The van der Waals surface area contributed by atoms with E-state index in [4.69, 9.17) is 10.5 Å². The third kappa shape index (κ3) is 4.74. The van der Waals surface area contributed by atoms with Gasteiger partial charge in [-0.1, -0.05) is 12.5 Å². The topological polar surface area (TPSA) is 58.8 Å². The van der Waals surface area contributed by atoms with Crippen LogP contribution in [0.3, 0.4) is 0 Å². The third-order valence-corrected chi connectivity index (χ3v) is 5.64. The lowest BCUT2D eigenvalue weighted by Crippen LogP contribution is -2.46. The number of hydrogen-bond acceptors (Lipinski definition) is 3. The van der Waals surface area contributed by atoms with E-state index in [-0.39, 0.29) is 18.0 Å². The molecule has 0 aliphatic carbocycles. The Balaban J connectivity index is 1.61. The minimum Gasteiger partial charge on any atom is -0.377 e. The van der Waals surface area contributed by atoms with E-state index in [1.807, 2.05) is 6.92 Å². The van der Waals surface area contributed by atoms with Crippen molar-refractivity contribution in [3.8, 4) is 0 Å². The summed E-state index contributed by atoms with van der Waals surface area (Å²) >= 11 is 0. The van der Waals surface area contributed by atoms with Crippen molar-refractivity contribution in [2.75, 3.05) is 32.8 Å². The molecule has 3 rings (SSSR count). The number of nitrogens with two attached hydrogens (primary N) is 1. The highest BCUT2D eigenvalue weighted by Gasteiger charge is 2.33. The van der Waals surface area contributed by atoms with Crippen LogP contribution in [0.1, 0.15) is 49.3 Å². The summed E-state index contributed by atoms with van der Waals surface area (Å²) in [5.74, 6) is -0.262. The number of likely N-dealkylation sites (tertiary alicyclic amines) is 2. The van der Waals surface area contributed by atoms with Gasteiger partial charge in [-0.15, -0.1) is 0 Å². The number of halogens is 1. The van der Waals surface area contributed by atoms with E-state index in [0.717, 1.165) is 30.7 Å². The van der Waals surface area contributed by atoms with Crippen molar-refractivity contribution in [3.63, 3.8) is 0 Å². The highest BCUT2D eigenvalue weighted by Crippen LogP contribution is 2.34. The van der Waals surface area contributed by atoms with Crippen LogP contribution < -0.4 is 5.73 Å². The van der Waals surface area contributed by atoms with Crippen LogP contribution in [0.2, 0.25) is 0 Å². The Morgan fingerprint density at radius 3 is 2.73 bits per heavy atom. The van der Waals surface area contributed by atoms with Gasteiger partial charge in [0.25, 0.3) is 0 Å². The Hall–Kier alpha value is -1.66. The third-order valence-electron chi connectivity index (χ3n) is 5.64. The maximum atomic E-state index is 13.5. The highest BCUT2D eigenvalue weighted by atomic mass is 19.1. The van der Waals surface area contributed by atoms with Gasteiger partial charge in [0.2, 0.25) is 0 Å². The first-order chi connectivity index (χ1) is 12.5. The normalized spacial score (nSPS) is 24.6. The van der Waals surface area contributed by atoms with Gasteiger partial charge in [0.15, 0.2) is 0 Å². The number of carbonyl (C=O) groups is 1. The van der Waals surface area contributed by atoms with Crippen molar-refractivity contribution in [1.82, 2.24) is 9.80 Å². The largest absolute Gasteiger partial charge is 0.377 e. The average Bonchev–Trinajstić information content (AvgIpc) is 2.62. The second-order valence-corrected chi connectivity index (χ2v) is 7.47. The van der Waals surface area contributed by atoms with E-state index >= 15 is 0 Å². The lowest BCUT2D eigenvalue weighted by atomic mass is 9.91. The summed E-state index contributed by atoms with van der Waals surface area (Å²) < 4.78 is 19.6.